The second kappa shape index (κ2) is 10.6. The highest BCUT2D eigenvalue weighted by molar-refractivity contribution is 6.24. The van der Waals surface area contributed by atoms with Crippen LogP contribution in [0.15, 0.2) is 146 Å². The average Bonchev–Trinajstić information content (AvgIpc) is 3.64. The Hall–Kier alpha value is -5.46. The minimum atomic E-state index is -0.0506. The summed E-state index contributed by atoms with van der Waals surface area (Å²) in [6, 6.07) is 56.6. The SMILES string of the molecule is CC1(C)c2ccccc2-c2ccc(-c3c4ccccc4c(-c4cccc5c6c(ccc45)-c4ccccc4C64C5CC6CC(C5)CC4C6)c4ccccc34)cc21. The summed E-state index contributed by atoms with van der Waals surface area (Å²) in [5.41, 5.74) is 17.3. The van der Waals surface area contributed by atoms with Crippen LogP contribution in [-0.2, 0) is 10.8 Å². The Morgan fingerprint density at radius 3 is 1.56 bits per heavy atom. The summed E-state index contributed by atoms with van der Waals surface area (Å²) in [6.07, 6.45) is 7.09. The van der Waals surface area contributed by atoms with E-state index in [0.717, 1.165) is 23.7 Å². The van der Waals surface area contributed by atoms with Crippen molar-refractivity contribution in [3.63, 3.8) is 0 Å². The quantitative estimate of drug-likeness (QED) is 0.157. The Kier molecular flexibility index (Phi) is 5.96. The highest BCUT2D eigenvalue weighted by Crippen LogP contribution is 2.70. The number of hydrogen-bond donors (Lipinski definition) is 0. The molecule has 4 saturated carbocycles. The molecule has 0 aromatic heterocycles. The fraction of sp³-hybridized carbons (Fsp3) is 0.236. The standard InChI is InChI=1S/C55H44/c1-54(2)48-20-9-7-12-38(48)40-23-22-34(31-50(40)54)51-42-14-3-5-16-44(42)52(45-17-6-4-15-43(45)51)41-18-11-19-46-37(41)24-25-47-39-13-8-10-21-49(39)55(53(46)47)35-27-32-26-33(29-35)30-36(55)28-32/h3-25,31-33,35-36H,26-30H2,1-2H3. The Labute approximate surface area is 323 Å². The van der Waals surface area contributed by atoms with E-state index in [0.29, 0.717) is 0 Å². The second-order valence-electron chi connectivity index (χ2n) is 18.4. The summed E-state index contributed by atoms with van der Waals surface area (Å²) in [6.45, 7) is 4.79. The minimum absolute atomic E-state index is 0.0506. The number of fused-ring (bicyclic) bond motifs is 10. The van der Waals surface area contributed by atoms with Gasteiger partial charge in [0, 0.05) is 10.8 Å². The van der Waals surface area contributed by atoms with Gasteiger partial charge in [-0.25, -0.2) is 0 Å². The van der Waals surface area contributed by atoms with Gasteiger partial charge >= 0.3 is 0 Å². The van der Waals surface area contributed by atoms with E-state index in [2.05, 4.69) is 159 Å². The van der Waals surface area contributed by atoms with Crippen LogP contribution in [-0.4, -0.2) is 0 Å². The number of benzene rings is 8. The fourth-order valence-corrected chi connectivity index (χ4v) is 13.8. The third-order valence-corrected chi connectivity index (χ3v) is 15.6. The Morgan fingerprint density at radius 1 is 0.382 bits per heavy atom. The minimum Gasteiger partial charge on any atom is -0.0619 e. The van der Waals surface area contributed by atoms with Crippen LogP contribution in [0.3, 0.4) is 0 Å². The van der Waals surface area contributed by atoms with E-state index in [9.17, 15) is 0 Å². The van der Waals surface area contributed by atoms with Crippen LogP contribution in [0.25, 0.3) is 76.8 Å². The predicted octanol–water partition coefficient (Wildman–Crippen LogP) is 14.5. The first-order valence-corrected chi connectivity index (χ1v) is 20.9. The molecular weight excluding hydrogens is 661 g/mol. The maximum atomic E-state index is 2.52. The van der Waals surface area contributed by atoms with Crippen molar-refractivity contribution in [3.8, 4) is 44.5 Å². The van der Waals surface area contributed by atoms with Crippen molar-refractivity contribution in [1.82, 2.24) is 0 Å². The first-order chi connectivity index (χ1) is 27.0. The molecule has 264 valence electrons. The summed E-state index contributed by atoms with van der Waals surface area (Å²) in [7, 11) is 0. The fourth-order valence-electron chi connectivity index (χ4n) is 13.8. The number of rotatable bonds is 2. The van der Waals surface area contributed by atoms with E-state index >= 15 is 0 Å². The van der Waals surface area contributed by atoms with Crippen molar-refractivity contribution >= 4 is 32.3 Å². The maximum Gasteiger partial charge on any atom is 0.0278 e. The number of hydrogen-bond acceptors (Lipinski definition) is 0. The highest BCUT2D eigenvalue weighted by atomic mass is 14.6. The topological polar surface area (TPSA) is 0 Å². The van der Waals surface area contributed by atoms with Crippen LogP contribution in [0.1, 0.15) is 68.2 Å². The van der Waals surface area contributed by atoms with Crippen LogP contribution in [0.4, 0.5) is 0 Å². The molecule has 14 rings (SSSR count). The zero-order valence-corrected chi connectivity index (χ0v) is 31.7. The average molecular weight is 705 g/mol. The molecule has 8 aromatic carbocycles. The molecule has 6 aliphatic carbocycles. The van der Waals surface area contributed by atoms with Crippen molar-refractivity contribution in [2.24, 2.45) is 23.7 Å². The summed E-state index contributed by atoms with van der Waals surface area (Å²) >= 11 is 0. The molecule has 0 atom stereocenters. The molecule has 0 heterocycles. The van der Waals surface area contributed by atoms with E-state index in [1.807, 2.05) is 0 Å². The van der Waals surface area contributed by atoms with Gasteiger partial charge in [-0.2, -0.15) is 0 Å². The molecule has 0 heteroatoms. The van der Waals surface area contributed by atoms with E-state index in [1.165, 1.54) is 120 Å². The highest BCUT2D eigenvalue weighted by Gasteiger charge is 2.62. The van der Waals surface area contributed by atoms with E-state index in [-0.39, 0.29) is 10.8 Å². The molecule has 0 aliphatic heterocycles. The van der Waals surface area contributed by atoms with Gasteiger partial charge in [0.05, 0.1) is 0 Å². The molecule has 0 N–H and O–H groups in total. The lowest BCUT2D eigenvalue weighted by Gasteiger charge is -2.61. The van der Waals surface area contributed by atoms with E-state index in [1.54, 1.807) is 11.1 Å². The van der Waals surface area contributed by atoms with Crippen molar-refractivity contribution in [2.45, 2.75) is 56.8 Å². The van der Waals surface area contributed by atoms with Crippen molar-refractivity contribution < 1.29 is 0 Å². The molecule has 1 spiro atoms. The Morgan fingerprint density at radius 2 is 0.891 bits per heavy atom. The molecule has 0 radical (unpaired) electrons. The van der Waals surface area contributed by atoms with Gasteiger partial charge in [-0.05, 0) is 161 Å². The van der Waals surface area contributed by atoms with Crippen molar-refractivity contribution in [3.05, 3.63) is 168 Å². The summed E-state index contributed by atoms with van der Waals surface area (Å²) < 4.78 is 0. The Balaban J connectivity index is 1.07. The van der Waals surface area contributed by atoms with Gasteiger partial charge in [0.15, 0.2) is 0 Å². The molecule has 4 fully saturated rings. The summed E-state index contributed by atoms with van der Waals surface area (Å²) in [5.74, 6) is 3.34. The van der Waals surface area contributed by atoms with Gasteiger partial charge in [0.2, 0.25) is 0 Å². The van der Waals surface area contributed by atoms with Crippen LogP contribution in [0.5, 0.6) is 0 Å². The molecule has 0 unspecified atom stereocenters. The molecule has 6 aliphatic rings. The maximum absolute atomic E-state index is 2.52. The normalized spacial score (nSPS) is 24.8. The largest absolute Gasteiger partial charge is 0.0619 e. The monoisotopic (exact) mass is 704 g/mol. The van der Waals surface area contributed by atoms with Crippen LogP contribution < -0.4 is 0 Å². The molecule has 4 bridgehead atoms. The third-order valence-electron chi connectivity index (χ3n) is 15.6. The molecule has 0 nitrogen and oxygen atoms in total. The van der Waals surface area contributed by atoms with Gasteiger partial charge in [-0.3, -0.25) is 0 Å². The smallest absolute Gasteiger partial charge is 0.0278 e. The third kappa shape index (κ3) is 3.79. The molecular formula is C55H44. The zero-order valence-electron chi connectivity index (χ0n) is 31.7. The van der Waals surface area contributed by atoms with Crippen LogP contribution >= 0.6 is 0 Å². The second-order valence-corrected chi connectivity index (χ2v) is 18.4. The molecule has 55 heavy (non-hydrogen) atoms. The van der Waals surface area contributed by atoms with Crippen molar-refractivity contribution in [1.29, 1.82) is 0 Å². The predicted molar refractivity (Wildman–Crippen MR) is 231 cm³/mol. The first kappa shape index (κ1) is 30.8. The van der Waals surface area contributed by atoms with Gasteiger partial charge in [-0.1, -0.05) is 153 Å². The molecule has 0 saturated heterocycles. The summed E-state index contributed by atoms with van der Waals surface area (Å²) in [5, 5.41) is 8.21. The van der Waals surface area contributed by atoms with Gasteiger partial charge in [0.25, 0.3) is 0 Å². The molecule has 8 aromatic rings. The zero-order chi connectivity index (χ0) is 36.2. The van der Waals surface area contributed by atoms with Gasteiger partial charge < -0.3 is 0 Å². The van der Waals surface area contributed by atoms with Gasteiger partial charge in [-0.15, -0.1) is 0 Å². The van der Waals surface area contributed by atoms with Gasteiger partial charge in [0.1, 0.15) is 0 Å². The van der Waals surface area contributed by atoms with Crippen LogP contribution in [0, 0.1) is 23.7 Å². The lowest BCUT2D eigenvalue weighted by Crippen LogP contribution is -2.55. The van der Waals surface area contributed by atoms with Crippen molar-refractivity contribution in [2.75, 3.05) is 0 Å². The first-order valence-electron chi connectivity index (χ1n) is 20.9. The van der Waals surface area contributed by atoms with E-state index < -0.39 is 0 Å². The molecule has 0 amide bonds. The lowest BCUT2D eigenvalue weighted by molar-refractivity contribution is -0.0393. The summed E-state index contributed by atoms with van der Waals surface area (Å²) in [4.78, 5) is 0. The van der Waals surface area contributed by atoms with Crippen LogP contribution in [0.2, 0.25) is 0 Å². The van der Waals surface area contributed by atoms with E-state index in [4.69, 9.17) is 0 Å². The lowest BCUT2D eigenvalue weighted by atomic mass is 9.43. The Bertz CT molecular complexity index is 2890.